The summed E-state index contributed by atoms with van der Waals surface area (Å²) in [6.07, 6.45) is 0. The van der Waals surface area contributed by atoms with Crippen molar-refractivity contribution in [2.24, 2.45) is 17.2 Å². The van der Waals surface area contributed by atoms with Crippen LogP contribution in [0.5, 0.6) is 0 Å². The zero-order chi connectivity index (χ0) is 17.1. The molecular weight excluding hydrogens is 346 g/mol. The van der Waals surface area contributed by atoms with Crippen molar-refractivity contribution in [2.75, 3.05) is 23.8 Å². The van der Waals surface area contributed by atoms with Gasteiger partial charge in [-0.25, -0.2) is 0 Å². The van der Waals surface area contributed by atoms with E-state index in [1.54, 1.807) is 0 Å². The largest absolute Gasteiger partial charge is 0.480 e. The molecule has 0 bridgehead atoms. The van der Waals surface area contributed by atoms with Gasteiger partial charge in [0.15, 0.2) is 0 Å². The molecule has 0 saturated heterocycles. The summed E-state index contributed by atoms with van der Waals surface area (Å²) in [7, 11) is -1.39. The van der Waals surface area contributed by atoms with Crippen molar-refractivity contribution < 1.29 is 32.8 Å². The molecule has 0 aliphatic rings. The average molecular weight is 365 g/mol. The standard InChI is InChI=1S/C6H12N2O4S2.C2H7NO3S/c7-3(5(9)10)1-13-14-2-4(8)6(11)12;3-1-2-7(4,5)6/h3-4H,1-2,7-8H2,(H,9,10)(H,11,12);1-3H2,(H,4,5,6). The van der Waals surface area contributed by atoms with Crippen LogP contribution < -0.4 is 17.2 Å². The summed E-state index contributed by atoms with van der Waals surface area (Å²) in [4.78, 5) is 20.5. The van der Waals surface area contributed by atoms with Gasteiger partial charge in [-0.3, -0.25) is 14.1 Å². The first-order chi connectivity index (χ1) is 9.51. The summed E-state index contributed by atoms with van der Waals surface area (Å²) >= 11 is 0. The van der Waals surface area contributed by atoms with E-state index in [0.29, 0.717) is 0 Å². The molecule has 0 spiro atoms. The van der Waals surface area contributed by atoms with Crippen LogP contribution in [-0.4, -0.2) is 71.0 Å². The van der Waals surface area contributed by atoms with Gasteiger partial charge in [0.1, 0.15) is 12.1 Å². The number of rotatable bonds is 9. The molecule has 2 unspecified atom stereocenters. The molecule has 0 radical (unpaired) electrons. The molecule has 2 atom stereocenters. The smallest absolute Gasteiger partial charge is 0.321 e. The molecule has 126 valence electrons. The van der Waals surface area contributed by atoms with Gasteiger partial charge in [-0.15, -0.1) is 0 Å². The Morgan fingerprint density at radius 3 is 1.48 bits per heavy atom. The Bertz CT molecular complexity index is 395. The zero-order valence-corrected chi connectivity index (χ0v) is 13.4. The van der Waals surface area contributed by atoms with Crippen molar-refractivity contribution in [3.05, 3.63) is 0 Å². The number of hydrogen-bond donors (Lipinski definition) is 6. The first kappa shape index (κ1) is 22.7. The SMILES string of the molecule is NC(CSSCC(N)C(=O)O)C(=O)O.NCCS(=O)(=O)O. The number of nitrogens with two attached hydrogens (primary N) is 3. The van der Waals surface area contributed by atoms with E-state index in [1.165, 1.54) is 21.6 Å². The summed E-state index contributed by atoms with van der Waals surface area (Å²) in [5.74, 6) is -2.03. The van der Waals surface area contributed by atoms with Crippen molar-refractivity contribution in [3.63, 3.8) is 0 Å². The van der Waals surface area contributed by atoms with Gasteiger partial charge < -0.3 is 27.4 Å². The molecule has 0 fully saturated rings. The lowest BCUT2D eigenvalue weighted by Gasteiger charge is -2.07. The maximum Gasteiger partial charge on any atom is 0.321 e. The highest BCUT2D eigenvalue weighted by Gasteiger charge is 2.14. The lowest BCUT2D eigenvalue weighted by molar-refractivity contribution is -0.138. The van der Waals surface area contributed by atoms with E-state index in [0.717, 1.165) is 0 Å². The summed E-state index contributed by atoms with van der Waals surface area (Å²) in [6, 6.07) is -1.85. The molecule has 0 heterocycles. The predicted molar refractivity (Wildman–Crippen MR) is 81.6 cm³/mol. The Morgan fingerprint density at radius 2 is 1.33 bits per heavy atom. The molecule has 0 aliphatic carbocycles. The van der Waals surface area contributed by atoms with E-state index in [-0.39, 0.29) is 23.8 Å². The minimum Gasteiger partial charge on any atom is -0.480 e. The highest BCUT2D eigenvalue weighted by atomic mass is 33.1. The summed E-state index contributed by atoms with van der Waals surface area (Å²) < 4.78 is 27.3. The van der Waals surface area contributed by atoms with Gasteiger partial charge in [0.25, 0.3) is 10.1 Å². The fraction of sp³-hybridized carbons (Fsp3) is 0.750. The van der Waals surface area contributed by atoms with Gasteiger partial charge in [0.05, 0.1) is 5.75 Å². The van der Waals surface area contributed by atoms with E-state index < -0.39 is 34.1 Å². The maximum atomic E-state index is 10.3. The summed E-state index contributed by atoms with van der Waals surface area (Å²) in [5.41, 5.74) is 15.2. The summed E-state index contributed by atoms with van der Waals surface area (Å²) in [6.45, 7) is -0.0289. The van der Waals surface area contributed by atoms with Crippen LogP contribution in [0.25, 0.3) is 0 Å². The molecule has 0 rings (SSSR count). The lowest BCUT2D eigenvalue weighted by Crippen LogP contribution is -2.33. The fourth-order valence-electron chi connectivity index (χ4n) is 0.534. The fourth-order valence-corrected chi connectivity index (χ4v) is 3.06. The first-order valence-corrected chi connectivity index (χ1v) is 9.47. The molecule has 9 N–H and O–H groups in total. The Kier molecular flexibility index (Phi) is 13.0. The van der Waals surface area contributed by atoms with Gasteiger partial charge in [-0.2, -0.15) is 8.42 Å². The second-order valence-corrected chi connectivity index (χ2v) is 7.66. The number of aliphatic carboxylic acids is 2. The molecule has 0 amide bonds. The number of carboxylic acids is 2. The minimum absolute atomic E-state index is 0.0289. The van der Waals surface area contributed by atoms with Crippen LogP contribution in [0.3, 0.4) is 0 Å². The molecular formula is C8H19N3O7S3. The van der Waals surface area contributed by atoms with Crippen LogP contribution in [0.15, 0.2) is 0 Å². The highest BCUT2D eigenvalue weighted by Crippen LogP contribution is 2.22. The van der Waals surface area contributed by atoms with Gasteiger partial charge in [0, 0.05) is 18.1 Å². The van der Waals surface area contributed by atoms with Crippen LogP contribution >= 0.6 is 21.6 Å². The van der Waals surface area contributed by atoms with Gasteiger partial charge >= 0.3 is 11.9 Å². The lowest BCUT2D eigenvalue weighted by atomic mass is 10.4. The molecule has 13 heteroatoms. The maximum absolute atomic E-state index is 10.3. The number of hydrogen-bond acceptors (Lipinski definition) is 9. The molecule has 0 saturated carbocycles. The molecule has 10 nitrogen and oxygen atoms in total. The third-order valence-electron chi connectivity index (χ3n) is 1.59. The van der Waals surface area contributed by atoms with Crippen LogP contribution in [0, 0.1) is 0 Å². The number of carbonyl (C=O) groups is 2. The molecule has 0 aromatic heterocycles. The van der Waals surface area contributed by atoms with Crippen molar-refractivity contribution in [1.29, 1.82) is 0 Å². The van der Waals surface area contributed by atoms with E-state index >= 15 is 0 Å². The quantitative estimate of drug-likeness (QED) is 0.149. The topological polar surface area (TPSA) is 207 Å². The van der Waals surface area contributed by atoms with Crippen molar-refractivity contribution in [1.82, 2.24) is 0 Å². The van der Waals surface area contributed by atoms with Crippen LogP contribution in [0.1, 0.15) is 0 Å². The normalized spacial score (nSPS) is 13.7. The Morgan fingerprint density at radius 1 is 1.00 bits per heavy atom. The van der Waals surface area contributed by atoms with Crippen LogP contribution in [-0.2, 0) is 19.7 Å². The second-order valence-electron chi connectivity index (χ2n) is 3.53. The van der Waals surface area contributed by atoms with Gasteiger partial charge in [-0.05, 0) is 0 Å². The molecule has 0 aromatic carbocycles. The minimum atomic E-state index is -3.80. The van der Waals surface area contributed by atoms with Gasteiger partial charge in [0.2, 0.25) is 0 Å². The van der Waals surface area contributed by atoms with E-state index in [2.05, 4.69) is 0 Å². The Balaban J connectivity index is 0. The molecule has 21 heavy (non-hydrogen) atoms. The highest BCUT2D eigenvalue weighted by molar-refractivity contribution is 8.76. The zero-order valence-electron chi connectivity index (χ0n) is 10.9. The predicted octanol–water partition coefficient (Wildman–Crippen LogP) is -1.98. The van der Waals surface area contributed by atoms with E-state index in [1.807, 2.05) is 0 Å². The van der Waals surface area contributed by atoms with Crippen molar-refractivity contribution >= 4 is 43.6 Å². The van der Waals surface area contributed by atoms with E-state index in [4.69, 9.17) is 32.0 Å². The van der Waals surface area contributed by atoms with Crippen molar-refractivity contribution in [3.8, 4) is 0 Å². The first-order valence-electron chi connectivity index (χ1n) is 5.37. The Labute approximate surface area is 130 Å². The third kappa shape index (κ3) is 17.4. The number of carboxylic acid groups (broad SMARTS) is 2. The van der Waals surface area contributed by atoms with Crippen LogP contribution in [0.2, 0.25) is 0 Å². The monoisotopic (exact) mass is 365 g/mol. The Hall–Kier alpha value is -0.570. The molecule has 0 aliphatic heterocycles. The summed E-state index contributed by atoms with van der Waals surface area (Å²) in [5, 5.41) is 16.8. The van der Waals surface area contributed by atoms with E-state index in [9.17, 15) is 18.0 Å². The average Bonchev–Trinajstić information content (AvgIpc) is 2.32. The third-order valence-corrected chi connectivity index (χ3v) is 4.81. The second kappa shape index (κ2) is 12.0. The van der Waals surface area contributed by atoms with Crippen LogP contribution in [0.4, 0.5) is 0 Å². The van der Waals surface area contributed by atoms with Crippen molar-refractivity contribution in [2.45, 2.75) is 12.1 Å². The molecule has 0 aromatic rings. The van der Waals surface area contributed by atoms with Gasteiger partial charge in [-0.1, -0.05) is 21.6 Å².